The van der Waals surface area contributed by atoms with Gasteiger partial charge in [0.25, 0.3) is 5.91 Å². The van der Waals surface area contributed by atoms with Gasteiger partial charge in [0.05, 0.1) is 11.8 Å². The number of benzene rings is 2. The Balaban J connectivity index is 1.85. The molecular weight excluding hydrogens is 357 g/mol. The molecule has 0 unspecified atom stereocenters. The van der Waals surface area contributed by atoms with Crippen molar-refractivity contribution < 1.29 is 22.7 Å². The van der Waals surface area contributed by atoms with Crippen LogP contribution in [0.1, 0.15) is 37.5 Å². The Morgan fingerprint density at radius 1 is 1.07 bits per heavy atom. The predicted molar refractivity (Wildman–Crippen MR) is 97.8 cm³/mol. The van der Waals surface area contributed by atoms with Crippen LogP contribution in [0.15, 0.2) is 53.6 Å². The van der Waals surface area contributed by atoms with Crippen LogP contribution in [0.3, 0.4) is 0 Å². The van der Waals surface area contributed by atoms with Gasteiger partial charge in [-0.05, 0) is 40.8 Å². The van der Waals surface area contributed by atoms with E-state index in [0.29, 0.717) is 5.75 Å². The Morgan fingerprint density at radius 3 is 2.33 bits per heavy atom. The fraction of sp³-hybridized carbons (Fsp3) is 0.300. The van der Waals surface area contributed by atoms with Crippen LogP contribution in [0.5, 0.6) is 5.75 Å². The van der Waals surface area contributed by atoms with E-state index in [-0.39, 0.29) is 17.6 Å². The van der Waals surface area contributed by atoms with Crippen LogP contribution in [-0.2, 0) is 16.4 Å². The molecule has 1 N–H and O–H groups in total. The molecule has 2 rings (SSSR count). The van der Waals surface area contributed by atoms with E-state index in [1.54, 1.807) is 12.1 Å². The predicted octanol–water partition coefficient (Wildman–Crippen LogP) is 4.53. The van der Waals surface area contributed by atoms with E-state index in [2.05, 4.69) is 31.3 Å². The molecule has 2 aromatic carbocycles. The minimum Gasteiger partial charge on any atom is -0.484 e. The molecule has 0 fully saturated rings. The lowest BCUT2D eigenvalue weighted by Crippen LogP contribution is -2.24. The van der Waals surface area contributed by atoms with E-state index in [4.69, 9.17) is 4.74 Å². The van der Waals surface area contributed by atoms with Crippen molar-refractivity contribution in [2.75, 3.05) is 6.61 Å². The number of nitrogens with zero attached hydrogens (tertiary/aromatic N) is 1. The SMILES string of the molecule is CC(C)(C)c1ccc(OCC(=O)N/N=C/c2cccc(C(F)(F)F)c2)cc1. The molecule has 1 amide bonds. The molecule has 0 spiro atoms. The van der Waals surface area contributed by atoms with Crippen molar-refractivity contribution in [1.29, 1.82) is 0 Å². The molecular formula is C20H21F3N2O2. The first-order valence-electron chi connectivity index (χ1n) is 8.28. The van der Waals surface area contributed by atoms with Gasteiger partial charge >= 0.3 is 6.18 Å². The number of ether oxygens (including phenoxy) is 1. The number of carbonyl (C=O) groups is 1. The average molecular weight is 378 g/mol. The Labute approximate surface area is 156 Å². The van der Waals surface area contributed by atoms with Gasteiger partial charge in [0.1, 0.15) is 5.75 Å². The highest BCUT2D eigenvalue weighted by atomic mass is 19.4. The number of hydrogen-bond acceptors (Lipinski definition) is 3. The monoisotopic (exact) mass is 378 g/mol. The van der Waals surface area contributed by atoms with Crippen molar-refractivity contribution in [2.24, 2.45) is 5.10 Å². The van der Waals surface area contributed by atoms with E-state index >= 15 is 0 Å². The lowest BCUT2D eigenvalue weighted by atomic mass is 9.87. The van der Waals surface area contributed by atoms with Crippen LogP contribution < -0.4 is 10.2 Å². The van der Waals surface area contributed by atoms with Crippen molar-refractivity contribution in [3.8, 4) is 5.75 Å². The van der Waals surface area contributed by atoms with Gasteiger partial charge in [0.15, 0.2) is 6.61 Å². The zero-order valence-corrected chi connectivity index (χ0v) is 15.3. The van der Waals surface area contributed by atoms with Gasteiger partial charge < -0.3 is 4.74 Å². The molecule has 4 nitrogen and oxygen atoms in total. The zero-order valence-electron chi connectivity index (χ0n) is 15.3. The Bertz CT molecular complexity index is 807. The summed E-state index contributed by atoms with van der Waals surface area (Å²) in [4.78, 5) is 11.7. The summed E-state index contributed by atoms with van der Waals surface area (Å²) in [5.41, 5.74) is 2.83. The number of carbonyl (C=O) groups excluding carboxylic acids is 1. The van der Waals surface area contributed by atoms with E-state index in [9.17, 15) is 18.0 Å². The van der Waals surface area contributed by atoms with Crippen LogP contribution in [0, 0.1) is 0 Å². The summed E-state index contributed by atoms with van der Waals surface area (Å²) in [6, 6.07) is 12.1. The molecule has 0 atom stereocenters. The summed E-state index contributed by atoms with van der Waals surface area (Å²) >= 11 is 0. The highest BCUT2D eigenvalue weighted by Crippen LogP contribution is 2.29. The molecule has 0 aromatic heterocycles. The third-order valence-electron chi connectivity index (χ3n) is 3.71. The topological polar surface area (TPSA) is 50.7 Å². The van der Waals surface area contributed by atoms with Crippen molar-refractivity contribution in [1.82, 2.24) is 5.43 Å². The molecule has 0 aliphatic rings. The second-order valence-electron chi connectivity index (χ2n) is 6.98. The molecule has 7 heteroatoms. The highest BCUT2D eigenvalue weighted by molar-refractivity contribution is 5.83. The van der Waals surface area contributed by atoms with Crippen LogP contribution in [0.25, 0.3) is 0 Å². The molecule has 144 valence electrons. The third kappa shape index (κ3) is 6.44. The van der Waals surface area contributed by atoms with Gasteiger partial charge in [-0.25, -0.2) is 5.43 Å². The first-order chi connectivity index (χ1) is 12.6. The van der Waals surface area contributed by atoms with Crippen LogP contribution >= 0.6 is 0 Å². The molecule has 0 aliphatic carbocycles. The molecule has 0 aliphatic heterocycles. The van der Waals surface area contributed by atoms with Gasteiger partial charge in [-0.2, -0.15) is 18.3 Å². The lowest BCUT2D eigenvalue weighted by Gasteiger charge is -2.19. The van der Waals surface area contributed by atoms with Crippen molar-refractivity contribution in [3.05, 3.63) is 65.2 Å². The first-order valence-corrected chi connectivity index (χ1v) is 8.28. The third-order valence-corrected chi connectivity index (χ3v) is 3.71. The maximum absolute atomic E-state index is 12.6. The Morgan fingerprint density at radius 2 is 1.74 bits per heavy atom. The van der Waals surface area contributed by atoms with Gasteiger partial charge in [-0.15, -0.1) is 0 Å². The minimum atomic E-state index is -4.43. The number of halogens is 3. The van der Waals surface area contributed by atoms with Crippen LogP contribution in [0.4, 0.5) is 13.2 Å². The largest absolute Gasteiger partial charge is 0.484 e. The maximum Gasteiger partial charge on any atom is 0.416 e. The number of hydrazone groups is 1. The second kappa shape index (κ2) is 8.24. The van der Waals surface area contributed by atoms with Crippen LogP contribution in [-0.4, -0.2) is 18.7 Å². The average Bonchev–Trinajstić information content (AvgIpc) is 2.59. The molecule has 27 heavy (non-hydrogen) atoms. The zero-order chi connectivity index (χ0) is 20.1. The molecule has 0 bridgehead atoms. The summed E-state index contributed by atoms with van der Waals surface area (Å²) in [5.74, 6) is 0.0260. The number of hydrogen-bond donors (Lipinski definition) is 1. The second-order valence-corrected chi connectivity index (χ2v) is 6.98. The normalized spacial score (nSPS) is 12.2. The Hall–Kier alpha value is -2.83. The fourth-order valence-electron chi connectivity index (χ4n) is 2.21. The van der Waals surface area contributed by atoms with Gasteiger partial charge in [-0.1, -0.05) is 45.0 Å². The number of amides is 1. The smallest absolute Gasteiger partial charge is 0.416 e. The summed E-state index contributed by atoms with van der Waals surface area (Å²) in [6.07, 6.45) is -3.28. The highest BCUT2D eigenvalue weighted by Gasteiger charge is 2.30. The van der Waals surface area contributed by atoms with Crippen molar-refractivity contribution in [2.45, 2.75) is 32.4 Å². The Kier molecular flexibility index (Phi) is 6.25. The molecule has 2 aromatic rings. The molecule has 0 saturated heterocycles. The summed E-state index contributed by atoms with van der Waals surface area (Å²) in [5, 5.41) is 3.65. The fourth-order valence-corrected chi connectivity index (χ4v) is 2.21. The number of alkyl halides is 3. The minimum absolute atomic E-state index is 0.0219. The standard InChI is InChI=1S/C20H21F3N2O2/c1-19(2,3)15-7-9-17(10-8-15)27-13-18(26)25-24-12-14-5-4-6-16(11-14)20(21,22)23/h4-12H,13H2,1-3H3,(H,25,26)/b24-12+. The molecule has 0 heterocycles. The van der Waals surface area contributed by atoms with Crippen molar-refractivity contribution in [3.63, 3.8) is 0 Å². The summed E-state index contributed by atoms with van der Waals surface area (Å²) in [7, 11) is 0. The molecule has 0 radical (unpaired) electrons. The van der Waals surface area contributed by atoms with E-state index in [1.165, 1.54) is 12.1 Å². The van der Waals surface area contributed by atoms with Gasteiger partial charge in [-0.3, -0.25) is 4.79 Å². The van der Waals surface area contributed by atoms with Crippen LogP contribution in [0.2, 0.25) is 0 Å². The van der Waals surface area contributed by atoms with E-state index in [1.807, 2.05) is 12.1 Å². The van der Waals surface area contributed by atoms with Crippen molar-refractivity contribution >= 4 is 12.1 Å². The first kappa shape index (κ1) is 20.5. The summed E-state index contributed by atoms with van der Waals surface area (Å²) in [6.45, 7) is 6.03. The van der Waals surface area contributed by atoms with E-state index < -0.39 is 17.6 Å². The number of rotatable bonds is 5. The lowest BCUT2D eigenvalue weighted by molar-refractivity contribution is -0.137. The maximum atomic E-state index is 12.6. The molecule has 0 saturated carbocycles. The summed E-state index contributed by atoms with van der Waals surface area (Å²) < 4.78 is 43.3. The van der Waals surface area contributed by atoms with Gasteiger partial charge in [0.2, 0.25) is 0 Å². The van der Waals surface area contributed by atoms with Gasteiger partial charge in [0, 0.05) is 0 Å². The quantitative estimate of drug-likeness (QED) is 0.614. The van der Waals surface area contributed by atoms with E-state index in [0.717, 1.165) is 23.9 Å². The number of nitrogens with one attached hydrogen (secondary N) is 1.